The van der Waals surface area contributed by atoms with E-state index in [2.05, 4.69) is 52.8 Å². The smallest absolute Gasteiger partial charge is 0.404 e. The van der Waals surface area contributed by atoms with Crippen LogP contribution in [-0.2, 0) is 17.9 Å². The van der Waals surface area contributed by atoms with Crippen molar-refractivity contribution in [3.05, 3.63) is 46.9 Å². The predicted octanol–water partition coefficient (Wildman–Crippen LogP) is 6.87. The van der Waals surface area contributed by atoms with Crippen LogP contribution in [0.4, 0.5) is 10.7 Å². The lowest BCUT2D eigenvalue weighted by Crippen LogP contribution is -2.36. The second-order valence-electron chi connectivity index (χ2n) is 11.7. The van der Waals surface area contributed by atoms with Crippen LogP contribution in [0.3, 0.4) is 0 Å². The number of imidazole rings is 1. The van der Waals surface area contributed by atoms with E-state index in [0.29, 0.717) is 37.4 Å². The van der Waals surface area contributed by atoms with Crippen LogP contribution in [0.1, 0.15) is 50.4 Å². The maximum atomic E-state index is 11.0. The van der Waals surface area contributed by atoms with Gasteiger partial charge in [0.1, 0.15) is 12.6 Å². The summed E-state index contributed by atoms with van der Waals surface area (Å²) in [6.07, 6.45) is 4.72. The van der Waals surface area contributed by atoms with Gasteiger partial charge < -0.3 is 25.0 Å². The third-order valence-corrected chi connectivity index (χ3v) is 8.99. The molecule has 1 aliphatic carbocycles. The summed E-state index contributed by atoms with van der Waals surface area (Å²) in [4.78, 5) is 25.4. The average molecular weight is 585 g/mol. The van der Waals surface area contributed by atoms with Crippen molar-refractivity contribution >= 4 is 31.7 Å². The van der Waals surface area contributed by atoms with Crippen molar-refractivity contribution in [2.75, 3.05) is 18.5 Å². The number of aromatic nitrogens is 4. The lowest BCUT2D eigenvalue weighted by atomic mass is 10.0. The summed E-state index contributed by atoms with van der Waals surface area (Å²) in [6, 6.07) is 8.79. The second-order valence-corrected chi connectivity index (χ2v) is 17.7. The number of anilines is 1. The third kappa shape index (κ3) is 7.83. The SMILES string of the molecule is CCCc1cccc(-c2nc(C3CC3)n(COCC[Si](C)(C)C)c2-c2ccnc(NCC(C)NC(=O)O)n2)c1Cl. The van der Waals surface area contributed by atoms with Crippen LogP contribution in [0.25, 0.3) is 22.6 Å². The van der Waals surface area contributed by atoms with Gasteiger partial charge in [0.2, 0.25) is 5.95 Å². The Bertz CT molecular complexity index is 1320. The van der Waals surface area contributed by atoms with Crippen LogP contribution in [0, 0.1) is 0 Å². The fourth-order valence-corrected chi connectivity index (χ4v) is 5.61. The highest BCUT2D eigenvalue weighted by Crippen LogP contribution is 2.45. The number of carbonyl (C=O) groups is 1. The zero-order chi connectivity index (χ0) is 28.9. The number of hydrogen-bond acceptors (Lipinski definition) is 6. The highest BCUT2D eigenvalue weighted by atomic mass is 35.5. The Kier molecular flexibility index (Phi) is 9.86. The number of carboxylic acid groups (broad SMARTS) is 1. The number of amides is 1. The van der Waals surface area contributed by atoms with Gasteiger partial charge in [0.25, 0.3) is 0 Å². The first-order valence-corrected chi connectivity index (χ1v) is 18.2. The van der Waals surface area contributed by atoms with Crippen molar-refractivity contribution in [1.29, 1.82) is 0 Å². The van der Waals surface area contributed by atoms with Crippen LogP contribution in [0.15, 0.2) is 30.5 Å². The molecule has 40 heavy (non-hydrogen) atoms. The van der Waals surface area contributed by atoms with Crippen LogP contribution in [0.5, 0.6) is 0 Å². The Morgan fingerprint density at radius 2 is 2.02 bits per heavy atom. The Morgan fingerprint density at radius 1 is 1.25 bits per heavy atom. The van der Waals surface area contributed by atoms with E-state index in [0.717, 1.165) is 65.1 Å². The lowest BCUT2D eigenvalue weighted by Gasteiger charge is -2.18. The van der Waals surface area contributed by atoms with E-state index < -0.39 is 14.2 Å². The molecule has 0 aliphatic heterocycles. The first-order chi connectivity index (χ1) is 19.1. The highest BCUT2D eigenvalue weighted by Gasteiger charge is 2.33. The normalized spacial score (nSPS) is 14.2. The van der Waals surface area contributed by atoms with Gasteiger partial charge in [-0.2, -0.15) is 0 Å². The van der Waals surface area contributed by atoms with E-state index in [1.165, 1.54) is 0 Å². The summed E-state index contributed by atoms with van der Waals surface area (Å²) in [5.74, 6) is 1.80. The Hall–Kier alpha value is -2.95. The first-order valence-electron chi connectivity index (χ1n) is 14.1. The number of ether oxygens (including phenoxy) is 1. The van der Waals surface area contributed by atoms with Gasteiger partial charge in [0.15, 0.2) is 0 Å². The molecule has 0 radical (unpaired) electrons. The highest BCUT2D eigenvalue weighted by molar-refractivity contribution is 6.76. The van der Waals surface area contributed by atoms with E-state index in [1.54, 1.807) is 13.1 Å². The number of nitrogens with one attached hydrogen (secondary N) is 2. The van der Waals surface area contributed by atoms with Gasteiger partial charge in [-0.25, -0.2) is 19.7 Å². The molecule has 1 unspecified atom stereocenters. The first kappa shape index (κ1) is 30.0. The van der Waals surface area contributed by atoms with E-state index >= 15 is 0 Å². The number of rotatable bonds is 14. The van der Waals surface area contributed by atoms with Gasteiger partial charge in [-0.05, 0) is 43.9 Å². The van der Waals surface area contributed by atoms with Crippen LogP contribution in [0.2, 0.25) is 30.7 Å². The average Bonchev–Trinajstić information content (AvgIpc) is 3.67. The van der Waals surface area contributed by atoms with Crippen molar-refractivity contribution in [2.24, 2.45) is 0 Å². The summed E-state index contributed by atoms with van der Waals surface area (Å²) in [6.45, 7) is 12.4. The zero-order valence-electron chi connectivity index (χ0n) is 24.1. The molecular formula is C29H41ClN6O3Si. The molecule has 11 heteroatoms. The molecule has 1 aromatic carbocycles. The number of halogens is 1. The molecule has 1 aliphatic rings. The van der Waals surface area contributed by atoms with Gasteiger partial charge in [0.05, 0.1) is 22.1 Å². The molecule has 3 N–H and O–H groups in total. The van der Waals surface area contributed by atoms with Crippen molar-refractivity contribution < 1.29 is 14.6 Å². The standard InChI is InChI=1S/C29H41ClN6O3Si/c1-6-8-20-9-7-10-22(24(20)30)25-26(23-13-14-31-28(34-23)32-17-19(2)33-29(37)38)36(27(35-25)21-11-12-21)18-39-15-16-40(3,4)5/h7,9-10,13-14,19,21,33H,6,8,11-12,15-18H2,1-5H3,(H,37,38)(H,31,32,34). The third-order valence-electron chi connectivity index (χ3n) is 6.84. The van der Waals surface area contributed by atoms with Crippen molar-refractivity contribution in [1.82, 2.24) is 24.8 Å². The summed E-state index contributed by atoms with van der Waals surface area (Å²) >= 11 is 7.00. The largest absolute Gasteiger partial charge is 0.465 e. The number of hydrogen-bond donors (Lipinski definition) is 3. The van der Waals surface area contributed by atoms with Crippen LogP contribution >= 0.6 is 11.6 Å². The lowest BCUT2D eigenvalue weighted by molar-refractivity contribution is 0.0861. The van der Waals surface area contributed by atoms with Crippen molar-refractivity contribution in [3.8, 4) is 22.6 Å². The molecule has 2 heterocycles. The molecule has 9 nitrogen and oxygen atoms in total. The van der Waals surface area contributed by atoms with Gasteiger partial charge in [-0.15, -0.1) is 0 Å². The fourth-order valence-electron chi connectivity index (χ4n) is 4.54. The van der Waals surface area contributed by atoms with E-state index in [9.17, 15) is 4.79 Å². The van der Waals surface area contributed by atoms with Gasteiger partial charge in [0, 0.05) is 44.9 Å². The minimum Gasteiger partial charge on any atom is -0.465 e. The second kappa shape index (κ2) is 13.1. The molecule has 1 atom stereocenters. The van der Waals surface area contributed by atoms with Gasteiger partial charge in [-0.1, -0.05) is 62.8 Å². The van der Waals surface area contributed by atoms with Gasteiger partial charge >= 0.3 is 6.09 Å². The molecule has 4 rings (SSSR count). The number of aryl methyl sites for hydroxylation is 1. The Labute approximate surface area is 242 Å². The molecule has 0 saturated heterocycles. The van der Waals surface area contributed by atoms with Crippen LogP contribution in [-0.4, -0.2) is 58.0 Å². The zero-order valence-corrected chi connectivity index (χ0v) is 25.9. The number of benzene rings is 1. The summed E-state index contributed by atoms with van der Waals surface area (Å²) in [5.41, 5.74) is 4.34. The van der Waals surface area contributed by atoms with E-state index in [4.69, 9.17) is 31.4 Å². The van der Waals surface area contributed by atoms with Gasteiger partial charge in [-0.3, -0.25) is 0 Å². The molecular weight excluding hydrogens is 544 g/mol. The molecule has 3 aromatic rings. The van der Waals surface area contributed by atoms with Crippen molar-refractivity contribution in [2.45, 2.75) is 83.9 Å². The van der Waals surface area contributed by atoms with Crippen molar-refractivity contribution in [3.63, 3.8) is 0 Å². The Balaban J connectivity index is 1.76. The quantitative estimate of drug-likeness (QED) is 0.140. The topological polar surface area (TPSA) is 114 Å². The summed E-state index contributed by atoms with van der Waals surface area (Å²) in [7, 11) is -1.24. The van der Waals surface area contributed by atoms with E-state index in [1.807, 2.05) is 18.2 Å². The molecule has 216 valence electrons. The molecule has 0 bridgehead atoms. The van der Waals surface area contributed by atoms with Crippen LogP contribution < -0.4 is 10.6 Å². The summed E-state index contributed by atoms with van der Waals surface area (Å²) in [5, 5.41) is 15.3. The maximum absolute atomic E-state index is 11.0. The summed E-state index contributed by atoms with van der Waals surface area (Å²) < 4.78 is 8.43. The molecule has 0 spiro atoms. The monoisotopic (exact) mass is 584 g/mol. The maximum Gasteiger partial charge on any atom is 0.404 e. The minimum atomic E-state index is -1.24. The molecule has 2 aromatic heterocycles. The number of nitrogens with zero attached hydrogens (tertiary/aromatic N) is 4. The molecule has 1 amide bonds. The fraction of sp³-hybridized carbons (Fsp3) is 0.517. The Morgan fingerprint density at radius 3 is 2.70 bits per heavy atom. The molecule has 1 fully saturated rings. The molecule has 1 saturated carbocycles. The predicted molar refractivity (Wildman–Crippen MR) is 163 cm³/mol. The minimum absolute atomic E-state index is 0.313. The van der Waals surface area contributed by atoms with E-state index in [-0.39, 0.29) is 6.04 Å².